The summed E-state index contributed by atoms with van der Waals surface area (Å²) in [5.74, 6) is 0.305. The Hall–Kier alpha value is -1.75. The summed E-state index contributed by atoms with van der Waals surface area (Å²) in [6.45, 7) is 0.876. The molecule has 3 N–H and O–H groups in total. The molecule has 1 saturated heterocycles. The average molecular weight is 262 g/mol. The first-order chi connectivity index (χ1) is 9.17. The second-order valence-corrected chi connectivity index (χ2v) is 5.25. The van der Waals surface area contributed by atoms with E-state index in [-0.39, 0.29) is 18.1 Å². The fourth-order valence-electron chi connectivity index (χ4n) is 2.96. The van der Waals surface area contributed by atoms with E-state index >= 15 is 0 Å². The fourth-order valence-corrected chi connectivity index (χ4v) is 2.96. The maximum absolute atomic E-state index is 11.5. The van der Waals surface area contributed by atoms with Crippen LogP contribution in [0.4, 0.5) is 11.4 Å². The summed E-state index contributed by atoms with van der Waals surface area (Å²) in [5, 5.41) is 3.40. The van der Waals surface area contributed by atoms with Gasteiger partial charge in [-0.3, -0.25) is 0 Å². The molecule has 1 saturated carbocycles. The summed E-state index contributed by atoms with van der Waals surface area (Å²) in [7, 11) is 1.37. The molecule has 0 amide bonds. The Bertz CT molecular complexity index is 503. The molecular weight excluding hydrogens is 244 g/mol. The van der Waals surface area contributed by atoms with E-state index in [1.165, 1.54) is 7.11 Å². The van der Waals surface area contributed by atoms with E-state index < -0.39 is 0 Å². The number of benzene rings is 1. The van der Waals surface area contributed by atoms with Crippen LogP contribution in [-0.2, 0) is 9.47 Å². The smallest absolute Gasteiger partial charge is 0.337 e. The Morgan fingerprint density at radius 3 is 2.95 bits per heavy atom. The van der Waals surface area contributed by atoms with E-state index in [2.05, 4.69) is 5.32 Å². The van der Waals surface area contributed by atoms with E-state index in [1.54, 1.807) is 18.2 Å². The van der Waals surface area contributed by atoms with Gasteiger partial charge in [0.1, 0.15) is 0 Å². The molecule has 2 bridgehead atoms. The molecule has 2 fully saturated rings. The third-order valence-corrected chi connectivity index (χ3v) is 3.96. The van der Waals surface area contributed by atoms with Crippen LogP contribution in [0.15, 0.2) is 18.2 Å². The molecule has 1 aliphatic heterocycles. The second kappa shape index (κ2) is 4.74. The van der Waals surface area contributed by atoms with Gasteiger partial charge in [0, 0.05) is 0 Å². The lowest BCUT2D eigenvalue weighted by Crippen LogP contribution is -2.32. The monoisotopic (exact) mass is 262 g/mol. The van der Waals surface area contributed by atoms with Gasteiger partial charge < -0.3 is 20.5 Å². The maximum atomic E-state index is 11.5. The first-order valence-electron chi connectivity index (χ1n) is 6.53. The van der Waals surface area contributed by atoms with Crippen LogP contribution < -0.4 is 11.1 Å². The van der Waals surface area contributed by atoms with Crippen molar-refractivity contribution in [3.63, 3.8) is 0 Å². The van der Waals surface area contributed by atoms with Gasteiger partial charge in [0.25, 0.3) is 0 Å². The summed E-state index contributed by atoms with van der Waals surface area (Å²) in [4.78, 5) is 11.5. The first-order valence-corrected chi connectivity index (χ1v) is 6.53. The van der Waals surface area contributed by atoms with Gasteiger partial charge in [-0.1, -0.05) is 0 Å². The zero-order valence-corrected chi connectivity index (χ0v) is 10.9. The minimum atomic E-state index is -0.354. The molecule has 1 aliphatic carbocycles. The minimum Gasteiger partial charge on any atom is -0.465 e. The van der Waals surface area contributed by atoms with Crippen molar-refractivity contribution in [1.29, 1.82) is 0 Å². The van der Waals surface area contributed by atoms with Crippen molar-refractivity contribution in [2.75, 3.05) is 24.8 Å². The molecule has 0 spiro atoms. The molecule has 1 aromatic carbocycles. The van der Waals surface area contributed by atoms with Crippen LogP contribution in [0.2, 0.25) is 0 Å². The number of nitrogen functional groups attached to an aromatic ring is 1. The Morgan fingerprint density at radius 1 is 1.47 bits per heavy atom. The Morgan fingerprint density at radius 2 is 2.32 bits per heavy atom. The van der Waals surface area contributed by atoms with E-state index in [4.69, 9.17) is 15.2 Å². The number of anilines is 2. The van der Waals surface area contributed by atoms with E-state index in [1.807, 2.05) is 0 Å². The third-order valence-electron chi connectivity index (χ3n) is 3.96. The van der Waals surface area contributed by atoms with Crippen LogP contribution in [0.1, 0.15) is 23.2 Å². The largest absolute Gasteiger partial charge is 0.465 e. The van der Waals surface area contributed by atoms with Gasteiger partial charge in [-0.05, 0) is 37.0 Å². The lowest BCUT2D eigenvalue weighted by molar-refractivity contribution is 0.0601. The van der Waals surface area contributed by atoms with Gasteiger partial charge >= 0.3 is 5.97 Å². The highest BCUT2D eigenvalue weighted by molar-refractivity contribution is 5.92. The maximum Gasteiger partial charge on any atom is 0.337 e. The highest BCUT2D eigenvalue weighted by Gasteiger charge is 2.40. The quantitative estimate of drug-likeness (QED) is 0.640. The topological polar surface area (TPSA) is 73.6 Å². The molecular formula is C14H18N2O3. The van der Waals surface area contributed by atoms with Crippen molar-refractivity contribution in [3.05, 3.63) is 23.8 Å². The normalized spacial score (nSPS) is 28.4. The molecule has 0 radical (unpaired) electrons. The van der Waals surface area contributed by atoms with Gasteiger partial charge in [-0.25, -0.2) is 4.79 Å². The highest BCUT2D eigenvalue weighted by Crippen LogP contribution is 2.37. The zero-order valence-electron chi connectivity index (χ0n) is 10.9. The molecule has 19 heavy (non-hydrogen) atoms. The number of carbonyl (C=O) groups is 1. The van der Waals surface area contributed by atoms with Crippen molar-refractivity contribution in [2.24, 2.45) is 5.92 Å². The molecule has 102 valence electrons. The minimum absolute atomic E-state index is 0.270. The van der Waals surface area contributed by atoms with Crippen molar-refractivity contribution in [3.8, 4) is 0 Å². The van der Waals surface area contributed by atoms with Crippen LogP contribution in [-0.4, -0.2) is 31.8 Å². The van der Waals surface area contributed by atoms with Crippen molar-refractivity contribution < 1.29 is 14.3 Å². The Kier molecular flexibility index (Phi) is 3.06. The zero-order chi connectivity index (χ0) is 13.4. The van der Waals surface area contributed by atoms with Gasteiger partial charge in [0.05, 0.1) is 42.8 Å². The number of fused-ring (bicyclic) bond motifs is 2. The number of hydrogen-bond acceptors (Lipinski definition) is 5. The van der Waals surface area contributed by atoms with Crippen LogP contribution in [0, 0.1) is 5.92 Å². The van der Waals surface area contributed by atoms with Crippen molar-refractivity contribution in [2.45, 2.75) is 25.0 Å². The molecule has 1 aromatic rings. The Labute approximate surface area is 112 Å². The number of methoxy groups -OCH3 is 1. The number of hydrogen-bond donors (Lipinski definition) is 2. The van der Waals surface area contributed by atoms with Gasteiger partial charge in [-0.15, -0.1) is 0 Å². The average Bonchev–Trinajstić information content (AvgIpc) is 3.02. The highest BCUT2D eigenvalue weighted by atomic mass is 16.5. The predicted octanol–water partition coefficient (Wildman–Crippen LogP) is 1.64. The molecule has 3 rings (SSSR count). The van der Waals surface area contributed by atoms with Gasteiger partial charge in [0.15, 0.2) is 0 Å². The first kappa shape index (κ1) is 12.3. The lowest BCUT2D eigenvalue weighted by Gasteiger charge is -2.25. The summed E-state index contributed by atoms with van der Waals surface area (Å²) in [6.07, 6.45) is 2.49. The van der Waals surface area contributed by atoms with Crippen LogP contribution in [0.3, 0.4) is 0 Å². The van der Waals surface area contributed by atoms with E-state index in [0.29, 0.717) is 17.2 Å². The number of rotatable bonds is 3. The molecule has 3 atom stereocenters. The number of ether oxygens (including phenoxy) is 2. The number of carbonyl (C=O) groups excluding carboxylic acids is 1. The lowest BCUT2D eigenvalue weighted by atomic mass is 10.1. The van der Waals surface area contributed by atoms with E-state index in [9.17, 15) is 4.79 Å². The second-order valence-electron chi connectivity index (χ2n) is 5.25. The Balaban J connectivity index is 1.78. The summed E-state index contributed by atoms with van der Waals surface area (Å²) >= 11 is 0. The number of nitrogens with one attached hydrogen (secondary N) is 1. The third kappa shape index (κ3) is 2.26. The van der Waals surface area contributed by atoms with Gasteiger partial charge in [0.2, 0.25) is 0 Å². The standard InChI is InChI=1S/C14H18N2O3/c1-18-14(17)9-2-3-10(15)11(6-9)16-12-4-8-5-13(12)19-7-8/h2-3,6,8,12-13,16H,4-5,7,15H2,1H3/t8-,12+,13-/m1/s1. The summed E-state index contributed by atoms with van der Waals surface area (Å²) in [5.41, 5.74) is 7.87. The molecule has 2 aliphatic rings. The molecule has 0 aromatic heterocycles. The number of nitrogens with two attached hydrogens (primary N) is 1. The molecule has 5 nitrogen and oxygen atoms in total. The number of esters is 1. The summed E-state index contributed by atoms with van der Waals surface area (Å²) < 4.78 is 10.4. The molecule has 5 heteroatoms. The van der Waals surface area contributed by atoms with Crippen LogP contribution in [0.25, 0.3) is 0 Å². The summed E-state index contributed by atoms with van der Waals surface area (Å²) in [6, 6.07) is 5.42. The predicted molar refractivity (Wildman–Crippen MR) is 72.1 cm³/mol. The van der Waals surface area contributed by atoms with Crippen molar-refractivity contribution in [1.82, 2.24) is 0 Å². The molecule has 1 heterocycles. The van der Waals surface area contributed by atoms with Crippen molar-refractivity contribution >= 4 is 17.3 Å². The fraction of sp³-hybridized carbons (Fsp3) is 0.500. The SMILES string of the molecule is COC(=O)c1ccc(N)c(N[C@H]2C[C@H]3CO[C@@H]2C3)c1. The van der Waals surface area contributed by atoms with Crippen LogP contribution >= 0.6 is 0 Å². The van der Waals surface area contributed by atoms with Gasteiger partial charge in [-0.2, -0.15) is 0 Å². The molecule has 0 unspecified atom stereocenters. The van der Waals surface area contributed by atoms with E-state index in [0.717, 1.165) is 25.1 Å². The van der Waals surface area contributed by atoms with Crippen LogP contribution in [0.5, 0.6) is 0 Å².